The number of benzene rings is 1. The van der Waals surface area contributed by atoms with Crippen molar-refractivity contribution in [3.8, 4) is 0 Å². The summed E-state index contributed by atoms with van der Waals surface area (Å²) in [7, 11) is 0. The van der Waals surface area contributed by atoms with Crippen molar-refractivity contribution in [2.45, 2.75) is 59.3 Å². The Balaban J connectivity index is 1.79. The number of fused-ring (bicyclic) bond motifs is 1. The third-order valence-electron chi connectivity index (χ3n) is 6.01. The summed E-state index contributed by atoms with van der Waals surface area (Å²) in [5.41, 5.74) is 4.07. The predicted molar refractivity (Wildman–Crippen MR) is 130 cm³/mol. The van der Waals surface area contributed by atoms with E-state index in [-0.39, 0.29) is 18.5 Å². The predicted octanol–water partition coefficient (Wildman–Crippen LogP) is 4.93. The van der Waals surface area contributed by atoms with Gasteiger partial charge in [-0.1, -0.05) is 48.0 Å². The Kier molecular flexibility index (Phi) is 9.28. The van der Waals surface area contributed by atoms with Gasteiger partial charge in [0, 0.05) is 19.5 Å². The Bertz CT molecular complexity index is 932. The zero-order valence-electron chi connectivity index (χ0n) is 20.1. The highest BCUT2D eigenvalue weighted by Gasteiger charge is 2.21. The summed E-state index contributed by atoms with van der Waals surface area (Å²) in [4.78, 5) is 32.7. The molecule has 2 aliphatic heterocycles. The molecule has 1 fully saturated rings. The standard InChI is InChI=1S/C27H36N2O4/c1-20-11-10-13-29(18-20)25(30)19-33-28-24-12-8-6-4-5-7-9-14-32-27(31)26-22(3)15-21(2)16-23(26)17-24/h5,7-8,12,15-16,20H,4,6,9-11,13-14,17-19H2,1-3H3/b7-5+,12-8+,28-24+. The van der Waals surface area contributed by atoms with Gasteiger partial charge in [0.05, 0.1) is 17.9 Å². The minimum atomic E-state index is -0.313. The van der Waals surface area contributed by atoms with Gasteiger partial charge in [0.2, 0.25) is 0 Å². The molecule has 0 aromatic heterocycles. The maximum Gasteiger partial charge on any atom is 0.338 e. The molecule has 0 radical (unpaired) electrons. The van der Waals surface area contributed by atoms with Gasteiger partial charge >= 0.3 is 5.97 Å². The molecule has 6 nitrogen and oxygen atoms in total. The SMILES string of the molecule is Cc1cc(C)c2c(c1)CC(=N/OCC(=O)N1CCCC(C)C1)/C=C/CC/C=C/CCOC2=O. The van der Waals surface area contributed by atoms with Crippen LogP contribution in [0.5, 0.6) is 0 Å². The molecule has 0 N–H and O–H groups in total. The van der Waals surface area contributed by atoms with Crippen LogP contribution in [0.3, 0.4) is 0 Å². The third kappa shape index (κ3) is 7.58. The lowest BCUT2D eigenvalue weighted by Gasteiger charge is -2.30. The van der Waals surface area contributed by atoms with Gasteiger partial charge in [-0.05, 0) is 69.1 Å². The summed E-state index contributed by atoms with van der Waals surface area (Å²) in [6, 6.07) is 3.99. The number of rotatable bonds is 3. The quantitative estimate of drug-likeness (QED) is 0.370. The van der Waals surface area contributed by atoms with E-state index in [4.69, 9.17) is 9.57 Å². The van der Waals surface area contributed by atoms with E-state index in [9.17, 15) is 9.59 Å². The van der Waals surface area contributed by atoms with Crippen molar-refractivity contribution < 1.29 is 19.2 Å². The minimum absolute atomic E-state index is 0.0309. The second-order valence-corrected chi connectivity index (χ2v) is 9.11. The van der Waals surface area contributed by atoms with Crippen LogP contribution < -0.4 is 0 Å². The summed E-state index contributed by atoms with van der Waals surface area (Å²) < 4.78 is 5.53. The molecule has 1 saturated heterocycles. The van der Waals surface area contributed by atoms with E-state index in [2.05, 4.69) is 24.2 Å². The normalized spacial score (nSPS) is 23.2. The molecule has 3 rings (SSSR count). The molecule has 33 heavy (non-hydrogen) atoms. The number of likely N-dealkylation sites (tertiary alicyclic amines) is 1. The first-order valence-electron chi connectivity index (χ1n) is 12.0. The van der Waals surface area contributed by atoms with Crippen LogP contribution in [0.4, 0.5) is 0 Å². The van der Waals surface area contributed by atoms with Crippen molar-refractivity contribution in [2.75, 3.05) is 26.3 Å². The molecule has 0 aliphatic carbocycles. The fraction of sp³-hybridized carbons (Fsp3) is 0.519. The van der Waals surface area contributed by atoms with Gasteiger partial charge in [0.1, 0.15) is 0 Å². The maximum atomic E-state index is 12.8. The number of nitrogens with zero attached hydrogens (tertiary/aromatic N) is 2. The number of oxime groups is 1. The van der Waals surface area contributed by atoms with Crippen molar-refractivity contribution in [3.05, 3.63) is 58.7 Å². The molecule has 178 valence electrons. The maximum absolute atomic E-state index is 12.8. The molecule has 0 spiro atoms. The molecule has 1 atom stereocenters. The number of amides is 1. The van der Waals surface area contributed by atoms with E-state index in [0.29, 0.717) is 36.6 Å². The van der Waals surface area contributed by atoms with Gasteiger partial charge in [0.25, 0.3) is 5.91 Å². The highest BCUT2D eigenvalue weighted by Crippen LogP contribution is 2.21. The first kappa shape index (κ1) is 24.7. The van der Waals surface area contributed by atoms with Crippen molar-refractivity contribution in [3.63, 3.8) is 0 Å². The minimum Gasteiger partial charge on any atom is -0.462 e. The molecule has 2 heterocycles. The van der Waals surface area contributed by atoms with Gasteiger partial charge in [-0.15, -0.1) is 0 Å². The highest BCUT2D eigenvalue weighted by molar-refractivity contribution is 6.00. The van der Waals surface area contributed by atoms with Crippen LogP contribution in [0.15, 0.2) is 41.6 Å². The van der Waals surface area contributed by atoms with Crippen molar-refractivity contribution in [1.29, 1.82) is 0 Å². The zero-order chi connectivity index (χ0) is 23.6. The summed E-state index contributed by atoms with van der Waals surface area (Å²) in [6.07, 6.45) is 13.2. The van der Waals surface area contributed by atoms with Crippen molar-refractivity contribution in [1.82, 2.24) is 4.90 Å². The van der Waals surface area contributed by atoms with Crippen molar-refractivity contribution in [2.24, 2.45) is 11.1 Å². The number of carbonyl (C=O) groups excluding carboxylic acids is 2. The van der Waals surface area contributed by atoms with Gasteiger partial charge in [0.15, 0.2) is 6.61 Å². The van der Waals surface area contributed by atoms with Gasteiger partial charge in [-0.25, -0.2) is 4.79 Å². The van der Waals surface area contributed by atoms with Crippen LogP contribution in [-0.2, 0) is 20.8 Å². The number of ether oxygens (including phenoxy) is 1. The summed E-state index contributed by atoms with van der Waals surface area (Å²) in [5, 5.41) is 4.30. The average molecular weight is 453 g/mol. The Morgan fingerprint density at radius 3 is 2.79 bits per heavy atom. The smallest absolute Gasteiger partial charge is 0.338 e. The van der Waals surface area contributed by atoms with Gasteiger partial charge in [-0.2, -0.15) is 0 Å². The van der Waals surface area contributed by atoms with Crippen molar-refractivity contribution >= 4 is 17.6 Å². The Labute approximate surface area is 197 Å². The number of hydrogen-bond acceptors (Lipinski definition) is 5. The van der Waals surface area contributed by atoms with E-state index in [1.54, 1.807) is 0 Å². The number of allylic oxidation sites excluding steroid dienone is 3. The number of aryl methyl sites for hydroxylation is 2. The second kappa shape index (κ2) is 12.4. The molecule has 0 bridgehead atoms. The van der Waals surface area contributed by atoms with E-state index in [0.717, 1.165) is 55.5 Å². The Hall–Kier alpha value is -2.89. The van der Waals surface area contributed by atoms with E-state index in [1.165, 1.54) is 0 Å². The number of esters is 1. The average Bonchev–Trinajstić information content (AvgIpc) is 2.76. The first-order valence-corrected chi connectivity index (χ1v) is 12.0. The monoisotopic (exact) mass is 452 g/mol. The highest BCUT2D eigenvalue weighted by atomic mass is 16.6. The Morgan fingerprint density at radius 1 is 1.18 bits per heavy atom. The molecule has 2 aliphatic rings. The number of carbonyl (C=O) groups is 2. The molecule has 6 heteroatoms. The fourth-order valence-corrected chi connectivity index (χ4v) is 4.42. The zero-order valence-corrected chi connectivity index (χ0v) is 20.1. The van der Waals surface area contributed by atoms with Crippen LogP contribution >= 0.6 is 0 Å². The lowest BCUT2D eigenvalue weighted by atomic mass is 9.95. The molecule has 1 amide bonds. The first-order chi connectivity index (χ1) is 15.9. The molecular formula is C27H36N2O4. The Morgan fingerprint density at radius 2 is 1.97 bits per heavy atom. The van der Waals surface area contributed by atoms with E-state index >= 15 is 0 Å². The summed E-state index contributed by atoms with van der Waals surface area (Å²) in [5.74, 6) is 0.177. The molecular weight excluding hydrogens is 416 g/mol. The summed E-state index contributed by atoms with van der Waals surface area (Å²) in [6.45, 7) is 7.95. The fourth-order valence-electron chi connectivity index (χ4n) is 4.42. The largest absolute Gasteiger partial charge is 0.462 e. The van der Waals surface area contributed by atoms with Crippen LogP contribution in [0, 0.1) is 19.8 Å². The molecule has 1 aromatic rings. The van der Waals surface area contributed by atoms with Gasteiger partial charge < -0.3 is 14.5 Å². The van der Waals surface area contributed by atoms with E-state index in [1.807, 2.05) is 43.0 Å². The van der Waals surface area contributed by atoms with Crippen LogP contribution in [-0.4, -0.2) is 48.8 Å². The van der Waals surface area contributed by atoms with Gasteiger partial charge in [-0.3, -0.25) is 4.79 Å². The third-order valence-corrected chi connectivity index (χ3v) is 6.01. The number of cyclic esters (lactones) is 1. The van der Waals surface area contributed by atoms with Crippen LogP contribution in [0.25, 0.3) is 0 Å². The topological polar surface area (TPSA) is 68.2 Å². The lowest BCUT2D eigenvalue weighted by Crippen LogP contribution is -2.40. The lowest BCUT2D eigenvalue weighted by molar-refractivity contribution is -0.137. The molecule has 1 aromatic carbocycles. The molecule has 0 saturated carbocycles. The second-order valence-electron chi connectivity index (χ2n) is 9.11. The molecule has 1 unspecified atom stereocenters. The number of hydrogen-bond donors (Lipinski definition) is 0. The van der Waals surface area contributed by atoms with Crippen LogP contribution in [0.1, 0.15) is 66.1 Å². The van der Waals surface area contributed by atoms with Crippen LogP contribution in [0.2, 0.25) is 0 Å². The number of piperidine rings is 1. The van der Waals surface area contributed by atoms with E-state index < -0.39 is 0 Å². The summed E-state index contributed by atoms with van der Waals surface area (Å²) >= 11 is 0.